The first-order valence-corrected chi connectivity index (χ1v) is 6.67. The van der Waals surface area contributed by atoms with Crippen LogP contribution in [0.5, 0.6) is 0 Å². The number of amides is 1. The molecule has 0 atom stereocenters. The third-order valence-corrected chi connectivity index (χ3v) is 2.69. The molecule has 0 bridgehead atoms. The number of nitrogens with one attached hydrogen (secondary N) is 1. The minimum Gasteiger partial charge on any atom is -0.508 e. The lowest BCUT2D eigenvalue weighted by Gasteiger charge is -2.27. The number of alkyl carbamates (subject to hydrolysis) is 1. The first-order valence-electron chi connectivity index (χ1n) is 6.67. The molecule has 0 aromatic rings. The van der Waals surface area contributed by atoms with Crippen molar-refractivity contribution in [1.82, 2.24) is 5.32 Å². The van der Waals surface area contributed by atoms with Crippen molar-refractivity contribution in [2.45, 2.75) is 47.1 Å². The predicted octanol–water partition coefficient (Wildman–Crippen LogP) is 4.11. The maximum atomic E-state index is 11.6. The fourth-order valence-corrected chi connectivity index (χ4v) is 1.23. The van der Waals surface area contributed by atoms with Crippen LogP contribution in [0.15, 0.2) is 36.1 Å². The van der Waals surface area contributed by atoms with Crippen molar-refractivity contribution in [1.29, 1.82) is 0 Å². The van der Waals surface area contributed by atoms with E-state index in [1.54, 1.807) is 25.2 Å². The minimum atomic E-state index is -0.511. The van der Waals surface area contributed by atoms with E-state index in [1.807, 2.05) is 34.6 Å². The van der Waals surface area contributed by atoms with E-state index in [2.05, 4.69) is 11.9 Å². The monoisotopic (exact) mass is 281 g/mol. The van der Waals surface area contributed by atoms with Crippen molar-refractivity contribution in [3.05, 3.63) is 36.1 Å². The van der Waals surface area contributed by atoms with Crippen LogP contribution in [0.3, 0.4) is 0 Å². The highest BCUT2D eigenvalue weighted by Crippen LogP contribution is 2.25. The van der Waals surface area contributed by atoms with Crippen LogP contribution in [0.2, 0.25) is 0 Å². The van der Waals surface area contributed by atoms with Gasteiger partial charge in [0.25, 0.3) is 0 Å². The molecule has 0 radical (unpaired) electrons. The van der Waals surface area contributed by atoms with Gasteiger partial charge in [-0.1, -0.05) is 26.5 Å². The molecule has 4 nitrogen and oxygen atoms in total. The Hall–Kier alpha value is -1.71. The number of rotatable bonds is 5. The zero-order valence-corrected chi connectivity index (χ0v) is 13.4. The summed E-state index contributed by atoms with van der Waals surface area (Å²) in [5.74, 6) is 0.182. The number of hydrogen-bond donors (Lipinski definition) is 2. The van der Waals surface area contributed by atoms with E-state index >= 15 is 0 Å². The van der Waals surface area contributed by atoms with Crippen LogP contribution in [0.1, 0.15) is 41.5 Å². The van der Waals surface area contributed by atoms with Crippen molar-refractivity contribution in [2.24, 2.45) is 5.41 Å². The summed E-state index contributed by atoms with van der Waals surface area (Å²) in [6, 6.07) is 0. The van der Waals surface area contributed by atoms with E-state index in [0.717, 1.165) is 5.57 Å². The predicted molar refractivity (Wildman–Crippen MR) is 82.7 cm³/mol. The summed E-state index contributed by atoms with van der Waals surface area (Å²) in [5, 5.41) is 12.1. The zero-order valence-electron chi connectivity index (χ0n) is 13.4. The standard InChI is InChI=1S/C16H27NO3/c1-8-13(18)10-9-12(2)16(6,7)11-17-14(19)20-15(3,4)5/h8-10,18H,2,11H2,1,3-7H3,(H,17,19)/b10-9-,13-8+. The fourth-order valence-electron chi connectivity index (χ4n) is 1.23. The Morgan fingerprint density at radius 2 is 1.80 bits per heavy atom. The maximum absolute atomic E-state index is 11.6. The molecule has 0 aliphatic rings. The van der Waals surface area contributed by atoms with Crippen LogP contribution < -0.4 is 5.32 Å². The third kappa shape index (κ3) is 7.67. The molecular formula is C16H27NO3. The largest absolute Gasteiger partial charge is 0.508 e. The molecule has 0 saturated heterocycles. The molecule has 0 aromatic heterocycles. The molecule has 0 unspecified atom stereocenters. The van der Waals surface area contributed by atoms with Gasteiger partial charge in [-0.15, -0.1) is 0 Å². The maximum Gasteiger partial charge on any atom is 0.407 e. The van der Waals surface area contributed by atoms with Gasteiger partial charge < -0.3 is 15.2 Å². The number of hydrogen-bond acceptors (Lipinski definition) is 3. The van der Waals surface area contributed by atoms with E-state index in [9.17, 15) is 9.90 Å². The first kappa shape index (κ1) is 18.3. The second kappa shape index (κ2) is 7.17. The van der Waals surface area contributed by atoms with Crippen LogP contribution in [0.25, 0.3) is 0 Å². The van der Waals surface area contributed by atoms with Gasteiger partial charge in [0.05, 0.1) is 0 Å². The van der Waals surface area contributed by atoms with E-state index in [4.69, 9.17) is 4.74 Å². The summed E-state index contributed by atoms with van der Waals surface area (Å²) >= 11 is 0. The van der Waals surface area contributed by atoms with E-state index in [0.29, 0.717) is 6.54 Å². The molecule has 0 rings (SSSR count). The topological polar surface area (TPSA) is 58.6 Å². The lowest BCUT2D eigenvalue weighted by molar-refractivity contribution is 0.0513. The molecule has 20 heavy (non-hydrogen) atoms. The Labute approximate surface area is 122 Å². The van der Waals surface area contributed by atoms with Crippen molar-refractivity contribution in [3.63, 3.8) is 0 Å². The number of carbonyl (C=O) groups is 1. The lowest BCUT2D eigenvalue weighted by atomic mass is 9.85. The van der Waals surface area contributed by atoms with Crippen molar-refractivity contribution < 1.29 is 14.6 Å². The van der Waals surface area contributed by atoms with Crippen molar-refractivity contribution in [3.8, 4) is 0 Å². The molecular weight excluding hydrogens is 254 g/mol. The quantitative estimate of drug-likeness (QED) is 0.589. The van der Waals surface area contributed by atoms with Crippen molar-refractivity contribution in [2.75, 3.05) is 6.54 Å². The second-order valence-electron chi connectivity index (χ2n) is 6.31. The Kier molecular flexibility index (Phi) is 6.56. The molecule has 0 aliphatic carbocycles. The summed E-state index contributed by atoms with van der Waals surface area (Å²) in [6.07, 6.45) is 4.47. The summed E-state index contributed by atoms with van der Waals surface area (Å²) in [6.45, 7) is 15.5. The van der Waals surface area contributed by atoms with E-state index in [1.165, 1.54) is 0 Å². The Balaban J connectivity index is 4.49. The average molecular weight is 281 g/mol. The fraction of sp³-hybridized carbons (Fsp3) is 0.562. The highest BCUT2D eigenvalue weighted by Gasteiger charge is 2.23. The normalized spacial score (nSPS) is 13.4. The lowest BCUT2D eigenvalue weighted by Crippen LogP contribution is -2.38. The second-order valence-corrected chi connectivity index (χ2v) is 6.31. The number of aliphatic hydroxyl groups excluding tert-OH is 1. The molecule has 0 heterocycles. The molecule has 0 fully saturated rings. The summed E-state index contributed by atoms with van der Waals surface area (Å²) in [7, 11) is 0. The zero-order chi connectivity index (χ0) is 16.0. The van der Waals surface area contributed by atoms with Crippen LogP contribution >= 0.6 is 0 Å². The molecule has 0 saturated carbocycles. The first-order chi connectivity index (χ1) is 8.98. The highest BCUT2D eigenvalue weighted by atomic mass is 16.6. The molecule has 0 aromatic carbocycles. The highest BCUT2D eigenvalue weighted by molar-refractivity contribution is 5.67. The van der Waals surface area contributed by atoms with E-state index < -0.39 is 11.7 Å². The van der Waals surface area contributed by atoms with Gasteiger partial charge in [-0.2, -0.15) is 0 Å². The molecule has 2 N–H and O–H groups in total. The van der Waals surface area contributed by atoms with Crippen LogP contribution in [-0.4, -0.2) is 23.3 Å². The Morgan fingerprint density at radius 3 is 2.25 bits per heavy atom. The molecule has 0 spiro atoms. The Bertz CT molecular complexity index is 412. The number of aliphatic hydroxyl groups is 1. The summed E-state index contributed by atoms with van der Waals surface area (Å²) in [5.41, 5.74) is -0.0356. The number of allylic oxidation sites excluding steroid dienone is 3. The smallest absolute Gasteiger partial charge is 0.407 e. The van der Waals surface area contributed by atoms with Crippen molar-refractivity contribution >= 4 is 6.09 Å². The molecule has 114 valence electrons. The third-order valence-electron chi connectivity index (χ3n) is 2.69. The number of carbonyl (C=O) groups excluding carboxylic acids is 1. The van der Waals surface area contributed by atoms with Gasteiger partial charge in [0, 0.05) is 12.0 Å². The van der Waals surface area contributed by atoms with Gasteiger partial charge in [0.2, 0.25) is 0 Å². The molecule has 0 aliphatic heterocycles. The average Bonchev–Trinajstić information content (AvgIpc) is 2.30. The summed E-state index contributed by atoms with van der Waals surface area (Å²) < 4.78 is 5.18. The van der Waals surface area contributed by atoms with Gasteiger partial charge in [0.1, 0.15) is 11.4 Å². The van der Waals surface area contributed by atoms with Gasteiger partial charge in [0.15, 0.2) is 0 Å². The summed E-state index contributed by atoms with van der Waals surface area (Å²) in [4.78, 5) is 11.6. The van der Waals surface area contributed by atoms with E-state index in [-0.39, 0.29) is 11.2 Å². The Morgan fingerprint density at radius 1 is 1.25 bits per heavy atom. The number of ether oxygens (including phenoxy) is 1. The van der Waals surface area contributed by atoms with Crippen LogP contribution in [0.4, 0.5) is 4.79 Å². The SMILES string of the molecule is C=C(/C=C\C(O)=C/C)C(C)(C)CNC(=O)OC(C)(C)C. The van der Waals surface area contributed by atoms with Gasteiger partial charge >= 0.3 is 6.09 Å². The van der Waals surface area contributed by atoms with Crippen LogP contribution in [-0.2, 0) is 4.74 Å². The van der Waals surface area contributed by atoms with Crippen LogP contribution in [0, 0.1) is 5.41 Å². The van der Waals surface area contributed by atoms with Gasteiger partial charge in [-0.05, 0) is 45.4 Å². The van der Waals surface area contributed by atoms with Gasteiger partial charge in [-0.3, -0.25) is 0 Å². The molecule has 1 amide bonds. The minimum absolute atomic E-state index is 0.182. The van der Waals surface area contributed by atoms with Gasteiger partial charge in [-0.25, -0.2) is 4.79 Å². The molecule has 4 heteroatoms.